The minimum atomic E-state index is -0.786. The third-order valence-electron chi connectivity index (χ3n) is 5.03. The second-order valence-electron chi connectivity index (χ2n) is 7.39. The Bertz CT molecular complexity index is 828. The third-order valence-corrected chi connectivity index (χ3v) is 5.03. The minimum absolute atomic E-state index is 0.0503. The highest BCUT2D eigenvalue weighted by molar-refractivity contribution is 6.06. The summed E-state index contributed by atoms with van der Waals surface area (Å²) in [5, 5.41) is 13.5. The average molecular weight is 359 g/mol. The van der Waals surface area contributed by atoms with Gasteiger partial charge in [-0.05, 0) is 44.1 Å². The van der Waals surface area contributed by atoms with E-state index in [1.54, 1.807) is 0 Å². The maximum absolute atomic E-state index is 13.2. The van der Waals surface area contributed by atoms with Gasteiger partial charge in [0.25, 0.3) is 11.6 Å². The van der Waals surface area contributed by atoms with Gasteiger partial charge in [-0.1, -0.05) is 19.0 Å². The second kappa shape index (κ2) is 7.43. The number of pyridine rings is 1. The van der Waals surface area contributed by atoms with Crippen molar-refractivity contribution in [3.8, 4) is 0 Å². The SMILES string of the molecule is Cc1noc2nc(C(C)C)cc(C(=O)N3CCCC(CCC(=O)O)C3)c12. The molecule has 1 fully saturated rings. The number of fused-ring (bicyclic) bond motifs is 1. The Hall–Kier alpha value is -2.44. The van der Waals surface area contributed by atoms with Crippen molar-refractivity contribution in [2.45, 2.75) is 52.4 Å². The number of likely N-dealkylation sites (tertiary alicyclic amines) is 1. The van der Waals surface area contributed by atoms with Gasteiger partial charge in [-0.25, -0.2) is 4.98 Å². The van der Waals surface area contributed by atoms with Gasteiger partial charge >= 0.3 is 5.97 Å². The van der Waals surface area contributed by atoms with Crippen molar-refractivity contribution >= 4 is 23.0 Å². The van der Waals surface area contributed by atoms with E-state index in [0.29, 0.717) is 41.9 Å². The first kappa shape index (κ1) is 18.4. The third kappa shape index (κ3) is 3.71. The highest BCUT2D eigenvalue weighted by Gasteiger charge is 2.28. The largest absolute Gasteiger partial charge is 0.481 e. The molecule has 2 aromatic rings. The number of carboxylic acids is 1. The summed E-state index contributed by atoms with van der Waals surface area (Å²) >= 11 is 0. The van der Waals surface area contributed by atoms with Crippen LogP contribution in [0.4, 0.5) is 0 Å². The van der Waals surface area contributed by atoms with Gasteiger partial charge in [-0.15, -0.1) is 0 Å². The summed E-state index contributed by atoms with van der Waals surface area (Å²) in [6.07, 6.45) is 2.61. The summed E-state index contributed by atoms with van der Waals surface area (Å²) in [6, 6.07) is 1.85. The van der Waals surface area contributed by atoms with Crippen molar-refractivity contribution in [2.75, 3.05) is 13.1 Å². The molecule has 3 rings (SSSR count). The molecule has 140 valence electrons. The Balaban J connectivity index is 1.89. The lowest BCUT2D eigenvalue weighted by molar-refractivity contribution is -0.137. The van der Waals surface area contributed by atoms with Crippen molar-refractivity contribution in [1.82, 2.24) is 15.0 Å². The molecular formula is C19H25N3O4. The van der Waals surface area contributed by atoms with Gasteiger partial charge in [0.15, 0.2) is 0 Å². The molecule has 0 saturated carbocycles. The Morgan fingerprint density at radius 3 is 2.88 bits per heavy atom. The summed E-state index contributed by atoms with van der Waals surface area (Å²) in [5.41, 5.74) is 2.44. The van der Waals surface area contributed by atoms with Crippen LogP contribution in [0.2, 0.25) is 0 Å². The number of carbonyl (C=O) groups is 2. The summed E-state index contributed by atoms with van der Waals surface area (Å²) in [7, 11) is 0. The van der Waals surface area contributed by atoms with Gasteiger partial charge in [0, 0.05) is 25.2 Å². The Kier molecular flexibility index (Phi) is 5.25. The Morgan fingerprint density at radius 2 is 2.19 bits per heavy atom. The first-order valence-corrected chi connectivity index (χ1v) is 9.14. The maximum Gasteiger partial charge on any atom is 0.303 e. The van der Waals surface area contributed by atoms with Gasteiger partial charge in [-0.2, -0.15) is 0 Å². The molecule has 1 amide bonds. The first-order valence-electron chi connectivity index (χ1n) is 9.14. The van der Waals surface area contributed by atoms with Crippen LogP contribution in [0.15, 0.2) is 10.6 Å². The number of piperidine rings is 1. The van der Waals surface area contributed by atoms with Gasteiger partial charge in [0.2, 0.25) is 0 Å². The molecule has 1 N–H and O–H groups in total. The minimum Gasteiger partial charge on any atom is -0.481 e. The zero-order chi connectivity index (χ0) is 18.8. The van der Waals surface area contributed by atoms with Crippen molar-refractivity contribution < 1.29 is 19.2 Å². The number of hydrogen-bond donors (Lipinski definition) is 1. The second-order valence-corrected chi connectivity index (χ2v) is 7.39. The molecule has 0 spiro atoms. The summed E-state index contributed by atoms with van der Waals surface area (Å²) in [6.45, 7) is 7.14. The molecule has 7 heteroatoms. The van der Waals surface area contributed by atoms with E-state index in [4.69, 9.17) is 9.63 Å². The zero-order valence-electron chi connectivity index (χ0n) is 15.5. The molecule has 1 aliphatic heterocycles. The molecular weight excluding hydrogens is 334 g/mol. The summed E-state index contributed by atoms with van der Waals surface area (Å²) in [4.78, 5) is 30.4. The number of aliphatic carboxylic acids is 1. The number of rotatable bonds is 5. The average Bonchev–Trinajstić information content (AvgIpc) is 3.00. The summed E-state index contributed by atoms with van der Waals surface area (Å²) < 4.78 is 5.31. The number of aromatic nitrogens is 2. The van der Waals surface area contributed by atoms with Crippen LogP contribution >= 0.6 is 0 Å². The molecule has 1 saturated heterocycles. The maximum atomic E-state index is 13.2. The summed E-state index contributed by atoms with van der Waals surface area (Å²) in [5.74, 6) is -0.438. The van der Waals surface area contributed by atoms with Crippen LogP contribution in [0.5, 0.6) is 0 Å². The fourth-order valence-electron chi connectivity index (χ4n) is 3.56. The van der Waals surface area contributed by atoms with E-state index in [2.05, 4.69) is 10.1 Å². The lowest BCUT2D eigenvalue weighted by Crippen LogP contribution is -2.40. The number of carboxylic acid groups (broad SMARTS) is 1. The number of hydrogen-bond acceptors (Lipinski definition) is 5. The van der Waals surface area contributed by atoms with Crippen molar-refractivity contribution in [1.29, 1.82) is 0 Å². The smallest absolute Gasteiger partial charge is 0.303 e. The van der Waals surface area contributed by atoms with Crippen LogP contribution in [-0.2, 0) is 4.79 Å². The molecule has 2 aromatic heterocycles. The van der Waals surface area contributed by atoms with Crippen LogP contribution in [0.1, 0.15) is 67.2 Å². The van der Waals surface area contributed by atoms with Crippen LogP contribution < -0.4 is 0 Å². The van der Waals surface area contributed by atoms with Crippen LogP contribution in [0.3, 0.4) is 0 Å². The van der Waals surface area contributed by atoms with Crippen molar-refractivity contribution in [3.63, 3.8) is 0 Å². The van der Waals surface area contributed by atoms with E-state index in [1.807, 2.05) is 31.7 Å². The lowest BCUT2D eigenvalue weighted by atomic mass is 9.92. The van der Waals surface area contributed by atoms with Crippen molar-refractivity contribution in [3.05, 3.63) is 23.0 Å². The van der Waals surface area contributed by atoms with Gasteiger partial charge in [0.1, 0.15) is 0 Å². The van der Waals surface area contributed by atoms with Gasteiger partial charge in [-0.3, -0.25) is 9.59 Å². The zero-order valence-corrected chi connectivity index (χ0v) is 15.5. The van der Waals surface area contributed by atoms with E-state index in [1.165, 1.54) is 0 Å². The highest BCUT2D eigenvalue weighted by Crippen LogP contribution is 2.28. The molecule has 0 aliphatic carbocycles. The monoisotopic (exact) mass is 359 g/mol. The van der Waals surface area contributed by atoms with E-state index in [-0.39, 0.29) is 24.2 Å². The Morgan fingerprint density at radius 1 is 1.42 bits per heavy atom. The quantitative estimate of drug-likeness (QED) is 0.879. The van der Waals surface area contributed by atoms with Crippen LogP contribution in [0, 0.1) is 12.8 Å². The molecule has 0 bridgehead atoms. The van der Waals surface area contributed by atoms with Gasteiger partial charge < -0.3 is 14.5 Å². The lowest BCUT2D eigenvalue weighted by Gasteiger charge is -2.33. The number of amides is 1. The number of carbonyl (C=O) groups excluding carboxylic acids is 1. The van der Waals surface area contributed by atoms with E-state index in [9.17, 15) is 9.59 Å². The standard InChI is InChI=1S/C19H25N3O4/c1-11(2)15-9-14(17-12(3)21-26-18(17)20-15)19(25)22-8-4-5-13(10-22)6-7-16(23)24/h9,11,13H,4-8,10H2,1-3H3,(H,23,24). The molecule has 1 unspecified atom stereocenters. The molecule has 0 radical (unpaired) electrons. The Labute approximate surface area is 152 Å². The van der Waals surface area contributed by atoms with Gasteiger partial charge in [0.05, 0.1) is 16.6 Å². The van der Waals surface area contributed by atoms with E-state index >= 15 is 0 Å². The van der Waals surface area contributed by atoms with Crippen LogP contribution in [-0.4, -0.2) is 45.1 Å². The molecule has 26 heavy (non-hydrogen) atoms. The molecule has 1 aliphatic rings. The van der Waals surface area contributed by atoms with Crippen LogP contribution in [0.25, 0.3) is 11.1 Å². The van der Waals surface area contributed by atoms with E-state index < -0.39 is 5.97 Å². The molecule has 1 atom stereocenters. The predicted molar refractivity (Wildman–Crippen MR) is 96.1 cm³/mol. The number of nitrogens with zero attached hydrogens (tertiary/aromatic N) is 3. The molecule has 3 heterocycles. The normalized spacial score (nSPS) is 17.8. The van der Waals surface area contributed by atoms with Crippen molar-refractivity contribution in [2.24, 2.45) is 5.92 Å². The topological polar surface area (TPSA) is 96.5 Å². The van der Waals surface area contributed by atoms with E-state index in [0.717, 1.165) is 18.5 Å². The number of aryl methyl sites for hydroxylation is 1. The predicted octanol–water partition coefficient (Wildman–Crippen LogP) is 3.37. The fourth-order valence-corrected chi connectivity index (χ4v) is 3.56. The fraction of sp³-hybridized carbons (Fsp3) is 0.579. The highest BCUT2D eigenvalue weighted by atomic mass is 16.5. The first-order chi connectivity index (χ1) is 12.4. The molecule has 0 aromatic carbocycles. The molecule has 7 nitrogen and oxygen atoms in total.